The summed E-state index contributed by atoms with van der Waals surface area (Å²) < 4.78 is 0. The first-order valence-corrected chi connectivity index (χ1v) is 10.1. The molecule has 1 nitrogen and oxygen atoms in total. The maximum absolute atomic E-state index is 5.09. The molecule has 0 radical (unpaired) electrons. The van der Waals surface area contributed by atoms with Crippen LogP contribution in [0.3, 0.4) is 0 Å². The van der Waals surface area contributed by atoms with Gasteiger partial charge >= 0.3 is 0 Å². The van der Waals surface area contributed by atoms with Gasteiger partial charge in [-0.05, 0) is 23.1 Å². The molecule has 3 aromatic rings. The molecule has 0 unspecified atom stereocenters. The van der Waals surface area contributed by atoms with E-state index in [1.807, 2.05) is 18.2 Å². The number of unbranched alkanes of at least 4 members (excludes halogenated alkanes) is 3. The first kappa shape index (κ1) is 19.6. The minimum atomic E-state index is -0.609. The molecule has 0 aliphatic carbocycles. The van der Waals surface area contributed by atoms with Crippen LogP contribution in [0.15, 0.2) is 96.0 Å². The van der Waals surface area contributed by atoms with Crippen molar-refractivity contribution >= 4 is 6.21 Å². The number of hydrogen-bond donors (Lipinski definition) is 0. The Morgan fingerprint density at radius 3 is 1.61 bits per heavy atom. The number of nitrogens with zero attached hydrogens (tertiary/aromatic N) is 1. The van der Waals surface area contributed by atoms with Crippen molar-refractivity contribution < 1.29 is 0 Å². The topological polar surface area (TPSA) is 12.4 Å². The van der Waals surface area contributed by atoms with E-state index in [0.717, 1.165) is 29.5 Å². The average Bonchev–Trinajstić information content (AvgIpc) is 2.78. The Kier molecular flexibility index (Phi) is 7.21. The maximum atomic E-state index is 5.09. The van der Waals surface area contributed by atoms with Gasteiger partial charge in [0.25, 0.3) is 0 Å². The van der Waals surface area contributed by atoms with Gasteiger partial charge in [-0.3, -0.25) is 4.99 Å². The van der Waals surface area contributed by atoms with Crippen molar-refractivity contribution in [2.24, 2.45) is 4.99 Å². The van der Waals surface area contributed by atoms with Crippen LogP contribution >= 0.6 is 0 Å². The number of benzene rings is 3. The molecule has 0 spiro atoms. The Hall–Kier alpha value is -3.11. The van der Waals surface area contributed by atoms with Gasteiger partial charge in [0.05, 0.1) is 6.21 Å². The summed E-state index contributed by atoms with van der Waals surface area (Å²) in [6.07, 6.45) is 6.31. The summed E-state index contributed by atoms with van der Waals surface area (Å²) in [5.41, 5.74) is 2.80. The smallest absolute Gasteiger partial charge is 0.136 e. The normalized spacial score (nSPS) is 11.2. The molecule has 0 aromatic heterocycles. The maximum Gasteiger partial charge on any atom is 0.136 e. The SMILES string of the molecule is CCCCCC#CC=NC(c1ccccc1)(c1ccccc1)c1ccccc1. The Labute approximate surface area is 169 Å². The Morgan fingerprint density at radius 1 is 0.714 bits per heavy atom. The summed E-state index contributed by atoms with van der Waals surface area (Å²) in [4.78, 5) is 5.09. The lowest BCUT2D eigenvalue weighted by molar-refractivity contribution is 0.660. The first-order chi connectivity index (χ1) is 13.9. The van der Waals surface area contributed by atoms with Gasteiger partial charge in [-0.25, -0.2) is 0 Å². The molecule has 0 amide bonds. The molecular formula is C27H27N. The van der Waals surface area contributed by atoms with Crippen molar-refractivity contribution in [1.82, 2.24) is 0 Å². The van der Waals surface area contributed by atoms with E-state index in [0.29, 0.717) is 0 Å². The molecule has 3 aromatic carbocycles. The molecule has 0 saturated carbocycles. The highest BCUT2D eigenvalue weighted by molar-refractivity contribution is 5.79. The third-order valence-electron chi connectivity index (χ3n) is 4.90. The van der Waals surface area contributed by atoms with E-state index >= 15 is 0 Å². The van der Waals surface area contributed by atoms with Crippen LogP contribution in [0.5, 0.6) is 0 Å². The zero-order valence-electron chi connectivity index (χ0n) is 16.5. The molecule has 0 bridgehead atoms. The highest BCUT2D eigenvalue weighted by atomic mass is 14.9. The molecule has 28 heavy (non-hydrogen) atoms. The van der Waals surface area contributed by atoms with Crippen molar-refractivity contribution in [2.75, 3.05) is 0 Å². The summed E-state index contributed by atoms with van der Waals surface area (Å²) in [5, 5.41) is 0. The van der Waals surface area contributed by atoms with Crippen LogP contribution < -0.4 is 0 Å². The van der Waals surface area contributed by atoms with Crippen molar-refractivity contribution in [2.45, 2.75) is 38.1 Å². The zero-order chi connectivity index (χ0) is 19.5. The molecule has 0 saturated heterocycles. The molecule has 0 N–H and O–H groups in total. The predicted molar refractivity (Wildman–Crippen MR) is 120 cm³/mol. The first-order valence-electron chi connectivity index (χ1n) is 10.1. The molecule has 0 heterocycles. The quantitative estimate of drug-likeness (QED) is 0.193. The molecule has 3 rings (SSSR count). The van der Waals surface area contributed by atoms with Crippen molar-refractivity contribution in [3.05, 3.63) is 108 Å². The lowest BCUT2D eigenvalue weighted by Crippen LogP contribution is -2.27. The number of aliphatic imine (C=N–C) groups is 1. The molecule has 0 aliphatic heterocycles. The van der Waals surface area contributed by atoms with Gasteiger partial charge in [-0.2, -0.15) is 0 Å². The van der Waals surface area contributed by atoms with E-state index in [1.54, 1.807) is 6.21 Å². The number of hydrogen-bond acceptors (Lipinski definition) is 1. The second-order valence-corrected chi connectivity index (χ2v) is 6.84. The third-order valence-corrected chi connectivity index (χ3v) is 4.90. The minimum Gasteiger partial charge on any atom is -0.263 e. The van der Waals surface area contributed by atoms with Crippen LogP contribution in [0.2, 0.25) is 0 Å². The van der Waals surface area contributed by atoms with Crippen LogP contribution in [0.25, 0.3) is 0 Å². The summed E-state index contributed by atoms with van der Waals surface area (Å²) in [7, 11) is 0. The van der Waals surface area contributed by atoms with E-state index in [4.69, 9.17) is 4.99 Å². The molecule has 0 aliphatic rings. The molecule has 140 valence electrons. The van der Waals surface area contributed by atoms with Gasteiger partial charge in [0.2, 0.25) is 0 Å². The Balaban J connectivity index is 2.09. The summed E-state index contributed by atoms with van der Waals surface area (Å²) in [6, 6.07) is 31.4. The monoisotopic (exact) mass is 365 g/mol. The lowest BCUT2D eigenvalue weighted by atomic mass is 9.77. The van der Waals surface area contributed by atoms with Crippen LogP contribution in [-0.2, 0) is 5.54 Å². The van der Waals surface area contributed by atoms with Gasteiger partial charge in [0, 0.05) is 6.42 Å². The van der Waals surface area contributed by atoms with Crippen LogP contribution in [0.4, 0.5) is 0 Å². The highest BCUT2D eigenvalue weighted by Gasteiger charge is 2.35. The fourth-order valence-electron chi connectivity index (χ4n) is 3.47. The van der Waals surface area contributed by atoms with E-state index in [9.17, 15) is 0 Å². The lowest BCUT2D eigenvalue weighted by Gasteiger charge is -2.31. The summed E-state index contributed by atoms with van der Waals surface area (Å²) in [6.45, 7) is 2.21. The van der Waals surface area contributed by atoms with Crippen molar-refractivity contribution in [1.29, 1.82) is 0 Å². The van der Waals surface area contributed by atoms with Crippen molar-refractivity contribution in [3.8, 4) is 11.8 Å². The fourth-order valence-corrected chi connectivity index (χ4v) is 3.47. The van der Waals surface area contributed by atoms with Gasteiger partial charge in [-0.1, -0.05) is 123 Å². The van der Waals surface area contributed by atoms with Crippen LogP contribution in [-0.4, -0.2) is 6.21 Å². The predicted octanol–water partition coefficient (Wildman–Crippen LogP) is 6.63. The van der Waals surface area contributed by atoms with Gasteiger partial charge in [0.15, 0.2) is 0 Å². The molecular weight excluding hydrogens is 338 g/mol. The average molecular weight is 366 g/mol. The summed E-state index contributed by atoms with van der Waals surface area (Å²) >= 11 is 0. The minimum absolute atomic E-state index is 0.609. The standard InChI is InChI=1S/C27H27N/c1-2-3-4-5-6-16-23-28-27(24-17-10-7-11-18-24,25-19-12-8-13-20-25)26-21-14-9-15-22-26/h7-15,17-23H,2-5H2,1H3. The second kappa shape index (κ2) is 10.3. The summed E-state index contributed by atoms with van der Waals surface area (Å²) in [5.74, 6) is 6.42. The van der Waals surface area contributed by atoms with Crippen molar-refractivity contribution in [3.63, 3.8) is 0 Å². The zero-order valence-corrected chi connectivity index (χ0v) is 16.5. The largest absolute Gasteiger partial charge is 0.263 e. The third kappa shape index (κ3) is 4.59. The van der Waals surface area contributed by atoms with Crippen LogP contribution in [0, 0.1) is 11.8 Å². The second-order valence-electron chi connectivity index (χ2n) is 6.84. The van der Waals surface area contributed by atoms with E-state index in [1.165, 1.54) is 12.8 Å². The molecule has 0 atom stereocenters. The highest BCUT2D eigenvalue weighted by Crippen LogP contribution is 2.40. The van der Waals surface area contributed by atoms with Gasteiger partial charge in [0.1, 0.15) is 5.54 Å². The van der Waals surface area contributed by atoms with Gasteiger partial charge in [-0.15, -0.1) is 0 Å². The van der Waals surface area contributed by atoms with E-state index in [2.05, 4.69) is 91.6 Å². The van der Waals surface area contributed by atoms with Crippen LogP contribution in [0.1, 0.15) is 49.3 Å². The Bertz CT molecular complexity index is 819. The molecule has 1 heteroatoms. The van der Waals surface area contributed by atoms with E-state index < -0.39 is 5.54 Å². The van der Waals surface area contributed by atoms with E-state index in [-0.39, 0.29) is 0 Å². The fraction of sp³-hybridized carbons (Fsp3) is 0.222. The number of rotatable bonds is 7. The van der Waals surface area contributed by atoms with Gasteiger partial charge < -0.3 is 0 Å². The Morgan fingerprint density at radius 2 is 1.18 bits per heavy atom. The molecule has 0 fully saturated rings.